The van der Waals surface area contributed by atoms with Gasteiger partial charge in [-0.3, -0.25) is 0 Å². The molecule has 1 heterocycles. The molecule has 0 aromatic carbocycles. The zero-order chi connectivity index (χ0) is 12.4. The van der Waals surface area contributed by atoms with Crippen LogP contribution in [0.1, 0.15) is 32.1 Å². The van der Waals surface area contributed by atoms with Gasteiger partial charge in [0.15, 0.2) is 9.84 Å². The lowest BCUT2D eigenvalue weighted by Gasteiger charge is -2.35. The minimum absolute atomic E-state index is 0.0406. The third kappa shape index (κ3) is 3.12. The zero-order valence-electron chi connectivity index (χ0n) is 9.69. The van der Waals surface area contributed by atoms with Crippen LogP contribution in [0.5, 0.6) is 0 Å². The van der Waals surface area contributed by atoms with Gasteiger partial charge < -0.3 is 0 Å². The lowest BCUT2D eigenvalue weighted by atomic mass is 9.77. The highest BCUT2D eigenvalue weighted by Gasteiger charge is 2.36. The number of halogens is 1. The second kappa shape index (κ2) is 5.41. The van der Waals surface area contributed by atoms with Crippen LogP contribution in [0.25, 0.3) is 0 Å². The van der Waals surface area contributed by atoms with Crippen LogP contribution in [0.2, 0.25) is 0 Å². The first-order chi connectivity index (χ1) is 8.08. The molecule has 5 heteroatoms. The molecule has 0 saturated heterocycles. The van der Waals surface area contributed by atoms with E-state index in [1.807, 2.05) is 5.38 Å². The Labute approximate surface area is 115 Å². The van der Waals surface area contributed by atoms with Gasteiger partial charge >= 0.3 is 0 Å². The number of alkyl halides is 1. The van der Waals surface area contributed by atoms with Crippen molar-refractivity contribution >= 4 is 37.1 Å². The van der Waals surface area contributed by atoms with Crippen molar-refractivity contribution in [2.45, 2.75) is 36.3 Å². The summed E-state index contributed by atoms with van der Waals surface area (Å²) in [7, 11) is -3.10. The number of hydrogen-bond acceptors (Lipinski definition) is 3. The summed E-state index contributed by atoms with van der Waals surface area (Å²) in [6, 6.07) is 3.52. The van der Waals surface area contributed by atoms with Crippen LogP contribution in [0.15, 0.2) is 21.7 Å². The average molecular weight is 337 g/mol. The number of sulfone groups is 1. The van der Waals surface area contributed by atoms with E-state index in [0.29, 0.717) is 9.96 Å². The van der Waals surface area contributed by atoms with Gasteiger partial charge in [0.1, 0.15) is 4.21 Å². The van der Waals surface area contributed by atoms with Gasteiger partial charge in [-0.25, -0.2) is 8.42 Å². The van der Waals surface area contributed by atoms with E-state index in [-0.39, 0.29) is 5.41 Å². The van der Waals surface area contributed by atoms with Gasteiger partial charge in [-0.1, -0.05) is 41.3 Å². The molecule has 2 nitrogen and oxygen atoms in total. The SMILES string of the molecule is O=S(=O)(CC1(CBr)CCCCC1)c1cccs1. The van der Waals surface area contributed by atoms with E-state index in [9.17, 15) is 8.42 Å². The standard InChI is InChI=1S/C12H17BrO2S2/c13-9-12(6-2-1-3-7-12)10-17(14,15)11-5-4-8-16-11/h4-5,8H,1-3,6-7,9-10H2. The monoisotopic (exact) mass is 336 g/mol. The van der Waals surface area contributed by atoms with E-state index in [0.717, 1.165) is 31.0 Å². The highest BCUT2D eigenvalue weighted by atomic mass is 79.9. The summed E-state index contributed by atoms with van der Waals surface area (Å²) in [4.78, 5) is 0. The van der Waals surface area contributed by atoms with Crippen molar-refractivity contribution in [1.82, 2.24) is 0 Å². The molecular weight excluding hydrogens is 320 g/mol. The molecule has 0 atom stereocenters. The first-order valence-corrected chi connectivity index (χ1v) is 9.56. The lowest BCUT2D eigenvalue weighted by Crippen LogP contribution is -2.33. The molecule has 0 amide bonds. The highest BCUT2D eigenvalue weighted by molar-refractivity contribution is 9.09. The Morgan fingerprint density at radius 1 is 1.29 bits per heavy atom. The fourth-order valence-corrected chi connectivity index (χ4v) is 6.56. The van der Waals surface area contributed by atoms with Gasteiger partial charge in [0.2, 0.25) is 0 Å². The molecule has 1 saturated carbocycles. The van der Waals surface area contributed by atoms with Crippen molar-refractivity contribution in [2.24, 2.45) is 5.41 Å². The molecular formula is C12H17BrO2S2. The average Bonchev–Trinajstić information content (AvgIpc) is 2.84. The van der Waals surface area contributed by atoms with Crippen LogP contribution >= 0.6 is 27.3 Å². The Kier molecular flexibility index (Phi) is 4.31. The van der Waals surface area contributed by atoms with Gasteiger partial charge in [-0.2, -0.15) is 0 Å². The van der Waals surface area contributed by atoms with E-state index >= 15 is 0 Å². The predicted molar refractivity (Wildman–Crippen MR) is 75.7 cm³/mol. The Bertz CT molecular complexity index is 445. The van der Waals surface area contributed by atoms with Crippen LogP contribution < -0.4 is 0 Å². The minimum atomic E-state index is -3.10. The normalized spacial score (nSPS) is 20.3. The summed E-state index contributed by atoms with van der Waals surface area (Å²) in [5, 5.41) is 2.62. The largest absolute Gasteiger partial charge is 0.223 e. The molecule has 1 fully saturated rings. The van der Waals surface area contributed by atoms with Crippen LogP contribution in [-0.4, -0.2) is 19.5 Å². The van der Waals surface area contributed by atoms with Gasteiger partial charge in [0.25, 0.3) is 0 Å². The molecule has 1 aliphatic carbocycles. The molecule has 17 heavy (non-hydrogen) atoms. The smallest absolute Gasteiger partial charge is 0.188 e. The molecule has 0 radical (unpaired) electrons. The van der Waals surface area contributed by atoms with Gasteiger partial charge in [0, 0.05) is 5.33 Å². The van der Waals surface area contributed by atoms with Crippen molar-refractivity contribution in [1.29, 1.82) is 0 Å². The van der Waals surface area contributed by atoms with Crippen molar-refractivity contribution in [3.8, 4) is 0 Å². The molecule has 0 unspecified atom stereocenters. The summed E-state index contributed by atoms with van der Waals surface area (Å²) in [6.07, 6.45) is 5.62. The van der Waals surface area contributed by atoms with E-state index < -0.39 is 9.84 Å². The van der Waals surface area contributed by atoms with Crippen LogP contribution in [0.3, 0.4) is 0 Å². The molecule has 96 valence electrons. The number of rotatable bonds is 4. The van der Waals surface area contributed by atoms with E-state index in [2.05, 4.69) is 15.9 Å². The summed E-state index contributed by atoms with van der Waals surface area (Å²) in [5.41, 5.74) is -0.0406. The Hall–Kier alpha value is 0.130. The molecule has 0 N–H and O–H groups in total. The molecule has 1 aromatic rings. The van der Waals surface area contributed by atoms with E-state index in [1.165, 1.54) is 17.8 Å². The van der Waals surface area contributed by atoms with Crippen LogP contribution in [-0.2, 0) is 9.84 Å². The number of hydrogen-bond donors (Lipinski definition) is 0. The third-order valence-corrected chi connectivity index (χ3v) is 8.14. The Morgan fingerprint density at radius 3 is 2.53 bits per heavy atom. The summed E-state index contributed by atoms with van der Waals surface area (Å²) >= 11 is 4.85. The second-order valence-electron chi connectivity index (χ2n) is 4.89. The first kappa shape index (κ1) is 13.6. The van der Waals surface area contributed by atoms with E-state index in [1.54, 1.807) is 12.1 Å². The van der Waals surface area contributed by atoms with Crippen molar-refractivity contribution in [3.63, 3.8) is 0 Å². The predicted octanol–water partition coefficient (Wildman–Crippen LogP) is 3.87. The third-order valence-electron chi connectivity index (χ3n) is 3.50. The quantitative estimate of drug-likeness (QED) is 0.782. The number of thiophene rings is 1. The van der Waals surface area contributed by atoms with Crippen molar-refractivity contribution in [3.05, 3.63) is 17.5 Å². The maximum Gasteiger partial charge on any atom is 0.188 e. The zero-order valence-corrected chi connectivity index (χ0v) is 12.9. The maximum atomic E-state index is 12.3. The Balaban J connectivity index is 2.19. The van der Waals surface area contributed by atoms with Gasteiger partial charge in [-0.05, 0) is 29.7 Å². The van der Waals surface area contributed by atoms with Crippen LogP contribution in [0, 0.1) is 5.41 Å². The fraction of sp³-hybridized carbons (Fsp3) is 0.667. The maximum absolute atomic E-state index is 12.3. The highest BCUT2D eigenvalue weighted by Crippen LogP contribution is 2.40. The Morgan fingerprint density at radius 2 is 2.00 bits per heavy atom. The van der Waals surface area contributed by atoms with Gasteiger partial charge in [-0.15, -0.1) is 11.3 Å². The topological polar surface area (TPSA) is 34.1 Å². The molecule has 1 aliphatic rings. The van der Waals surface area contributed by atoms with Gasteiger partial charge in [0.05, 0.1) is 5.75 Å². The first-order valence-electron chi connectivity index (χ1n) is 5.90. The fourth-order valence-electron chi connectivity index (χ4n) is 2.53. The summed E-state index contributed by atoms with van der Waals surface area (Å²) in [5.74, 6) is 0.297. The summed E-state index contributed by atoms with van der Waals surface area (Å²) in [6.45, 7) is 0. The molecule has 0 aliphatic heterocycles. The molecule has 2 rings (SSSR count). The van der Waals surface area contributed by atoms with E-state index in [4.69, 9.17) is 0 Å². The lowest BCUT2D eigenvalue weighted by molar-refractivity contribution is 0.256. The van der Waals surface area contributed by atoms with Crippen LogP contribution in [0.4, 0.5) is 0 Å². The van der Waals surface area contributed by atoms with Crippen molar-refractivity contribution < 1.29 is 8.42 Å². The minimum Gasteiger partial charge on any atom is -0.223 e. The molecule has 0 spiro atoms. The molecule has 1 aromatic heterocycles. The van der Waals surface area contributed by atoms with Crippen molar-refractivity contribution in [2.75, 3.05) is 11.1 Å². The summed E-state index contributed by atoms with van der Waals surface area (Å²) < 4.78 is 25.1. The second-order valence-corrected chi connectivity index (χ2v) is 8.61. The molecule has 0 bridgehead atoms.